The van der Waals surface area contributed by atoms with E-state index in [1.54, 1.807) is 0 Å². The van der Waals surface area contributed by atoms with E-state index in [2.05, 4.69) is 41.5 Å². The molecule has 5 heteroatoms. The van der Waals surface area contributed by atoms with Crippen LogP contribution in [-0.2, 0) is 17.9 Å². The quantitative estimate of drug-likeness (QED) is 0.748. The van der Waals surface area contributed by atoms with Gasteiger partial charge in [0, 0.05) is 18.5 Å². The van der Waals surface area contributed by atoms with Gasteiger partial charge in [0.1, 0.15) is 0 Å². The Kier molecular flexibility index (Phi) is 5.58. The minimum Gasteiger partial charge on any atom is -0.309 e. The number of carbonyl (C=O) groups excluding carboxylic acids is 1. The second-order valence-corrected chi connectivity index (χ2v) is 11.0. The molecule has 2 atom stereocenters. The Labute approximate surface area is 185 Å². The largest absolute Gasteiger partial charge is 0.309 e. The zero-order valence-corrected chi connectivity index (χ0v) is 19.3. The number of hydrogen-bond donors (Lipinski definition) is 1. The lowest BCUT2D eigenvalue weighted by Gasteiger charge is -2.49. The maximum Gasteiger partial charge on any atom is 0.203 e. The van der Waals surface area contributed by atoms with E-state index >= 15 is 0 Å². The fourth-order valence-electron chi connectivity index (χ4n) is 7.29. The molecule has 0 radical (unpaired) electrons. The molecule has 0 spiro atoms. The highest BCUT2D eigenvalue weighted by Gasteiger charge is 2.48. The smallest absolute Gasteiger partial charge is 0.203 e. The summed E-state index contributed by atoms with van der Waals surface area (Å²) in [5.74, 6) is 2.35. The summed E-state index contributed by atoms with van der Waals surface area (Å²) in [4.78, 5) is 16.3. The van der Waals surface area contributed by atoms with E-state index in [4.69, 9.17) is 5.41 Å². The first-order valence-corrected chi connectivity index (χ1v) is 12.4. The van der Waals surface area contributed by atoms with E-state index in [1.807, 2.05) is 10.6 Å². The lowest BCUT2D eigenvalue weighted by Crippen LogP contribution is -2.46. The van der Waals surface area contributed by atoms with Crippen LogP contribution < -0.4 is 5.62 Å². The average molecular weight is 423 g/mol. The number of aromatic nitrogens is 2. The third-order valence-corrected chi connectivity index (χ3v) is 8.34. The Bertz CT molecular complexity index is 993. The highest BCUT2D eigenvalue weighted by Crippen LogP contribution is 2.53. The number of carbonyl (C=O) groups is 1. The fourth-order valence-corrected chi connectivity index (χ4v) is 7.29. The lowest BCUT2D eigenvalue weighted by atomic mass is 9.55. The average Bonchev–Trinajstić information content (AvgIpc) is 3.32. The van der Waals surface area contributed by atoms with Crippen LogP contribution in [0.1, 0.15) is 58.8 Å². The van der Waals surface area contributed by atoms with Crippen molar-refractivity contribution in [3.05, 3.63) is 29.9 Å². The molecule has 2 unspecified atom stereocenters. The van der Waals surface area contributed by atoms with Crippen molar-refractivity contribution in [1.29, 1.82) is 5.41 Å². The van der Waals surface area contributed by atoms with Crippen molar-refractivity contribution in [2.75, 3.05) is 19.6 Å². The van der Waals surface area contributed by atoms with E-state index < -0.39 is 0 Å². The normalized spacial score (nSPS) is 31.4. The third kappa shape index (κ3) is 3.90. The molecule has 1 aromatic heterocycles. The molecule has 3 fully saturated rings. The summed E-state index contributed by atoms with van der Waals surface area (Å²) < 4.78 is 4.11. The first-order valence-electron chi connectivity index (χ1n) is 12.4. The van der Waals surface area contributed by atoms with Crippen LogP contribution in [0.4, 0.5) is 0 Å². The zero-order valence-electron chi connectivity index (χ0n) is 19.3. The van der Waals surface area contributed by atoms with Crippen molar-refractivity contribution < 1.29 is 4.79 Å². The van der Waals surface area contributed by atoms with E-state index in [-0.39, 0.29) is 5.41 Å². The Balaban J connectivity index is 1.44. The molecular weight excluding hydrogens is 384 g/mol. The van der Waals surface area contributed by atoms with Gasteiger partial charge in [0.25, 0.3) is 0 Å². The van der Waals surface area contributed by atoms with Gasteiger partial charge < -0.3 is 14.0 Å². The number of nitrogens with zero attached hydrogens (tertiary/aromatic N) is 3. The molecule has 2 saturated carbocycles. The molecule has 1 aliphatic heterocycles. The molecule has 2 aromatic rings. The first kappa shape index (κ1) is 21.0. The summed E-state index contributed by atoms with van der Waals surface area (Å²) in [6, 6.07) is 8.28. The number of benzene rings is 1. The topological polar surface area (TPSA) is 54.0 Å². The molecule has 1 N–H and O–H groups in total. The molecule has 5 nitrogen and oxygen atoms in total. The molecule has 1 saturated heterocycles. The van der Waals surface area contributed by atoms with Gasteiger partial charge in [-0.15, -0.1) is 0 Å². The van der Waals surface area contributed by atoms with Crippen LogP contribution in [-0.4, -0.2) is 39.5 Å². The van der Waals surface area contributed by atoms with Crippen molar-refractivity contribution in [2.24, 2.45) is 23.2 Å². The summed E-state index contributed by atoms with van der Waals surface area (Å²) in [7, 11) is 0. The Hall–Kier alpha value is -1.88. The van der Waals surface area contributed by atoms with Gasteiger partial charge in [-0.05, 0) is 87.9 Å². The monoisotopic (exact) mass is 422 g/mol. The molecule has 0 amide bonds. The molecule has 168 valence electrons. The molecule has 3 aliphatic rings. The van der Waals surface area contributed by atoms with Crippen LogP contribution >= 0.6 is 0 Å². The highest BCUT2D eigenvalue weighted by molar-refractivity contribution is 5.87. The molecule has 5 rings (SSSR count). The van der Waals surface area contributed by atoms with Crippen molar-refractivity contribution in [3.8, 4) is 0 Å². The molecule has 2 bridgehead atoms. The van der Waals surface area contributed by atoms with Crippen LogP contribution in [0.25, 0.3) is 11.0 Å². The number of hydrogen-bond acceptors (Lipinski definition) is 3. The Morgan fingerprint density at radius 2 is 1.58 bits per heavy atom. The van der Waals surface area contributed by atoms with Gasteiger partial charge in [-0.1, -0.05) is 26.0 Å². The second-order valence-electron chi connectivity index (χ2n) is 11.0. The maximum atomic E-state index is 13.8. The van der Waals surface area contributed by atoms with Gasteiger partial charge in [-0.2, -0.15) is 0 Å². The zero-order chi connectivity index (χ0) is 21.6. The molecule has 2 heterocycles. The maximum absolute atomic E-state index is 13.8. The van der Waals surface area contributed by atoms with Gasteiger partial charge in [-0.3, -0.25) is 10.2 Å². The van der Waals surface area contributed by atoms with Gasteiger partial charge in [0.2, 0.25) is 5.62 Å². The van der Waals surface area contributed by atoms with Crippen molar-refractivity contribution in [3.63, 3.8) is 0 Å². The number of Topliss-reactive ketones (excluding diaryl/α,β-unsaturated/α-hetero) is 1. The van der Waals surface area contributed by atoms with E-state index in [1.165, 1.54) is 38.8 Å². The number of ketones is 1. The second kappa shape index (κ2) is 8.23. The Morgan fingerprint density at radius 1 is 0.968 bits per heavy atom. The van der Waals surface area contributed by atoms with Gasteiger partial charge in [0.05, 0.1) is 17.6 Å². The van der Waals surface area contributed by atoms with Gasteiger partial charge >= 0.3 is 0 Å². The van der Waals surface area contributed by atoms with Crippen LogP contribution in [0.15, 0.2) is 24.3 Å². The van der Waals surface area contributed by atoms with Crippen molar-refractivity contribution in [2.45, 2.75) is 71.9 Å². The molecule has 1 aromatic carbocycles. The summed E-state index contributed by atoms with van der Waals surface area (Å²) in [6.45, 7) is 9.16. The fraction of sp³-hybridized carbons (Fsp3) is 0.692. The number of fused-ring (bicyclic) bond motifs is 3. The van der Waals surface area contributed by atoms with E-state index in [0.717, 1.165) is 43.4 Å². The van der Waals surface area contributed by atoms with Crippen LogP contribution in [0.5, 0.6) is 0 Å². The van der Waals surface area contributed by atoms with Crippen LogP contribution in [0.2, 0.25) is 0 Å². The van der Waals surface area contributed by atoms with Crippen LogP contribution in [0, 0.1) is 28.6 Å². The molecular formula is C26H38N4O. The number of nitrogens with one attached hydrogen (secondary N) is 1. The number of likely N-dealkylation sites (tertiary alicyclic amines) is 1. The summed E-state index contributed by atoms with van der Waals surface area (Å²) in [5, 5.41) is 8.96. The standard InChI is InChI=1S/C26H38N4O/c1-19-13-21-14-20(2)16-26(15-19,17-21)24(31)18-30-23-8-4-3-7-22(23)29(25(30)27)12-11-28-9-5-6-10-28/h3-4,7-8,19-21,27H,5-6,9-18H2,1-2H3. The molecule has 31 heavy (non-hydrogen) atoms. The SMILES string of the molecule is CC1CC2CC(C)CC(C(=O)Cn3c(=N)n(CCN4CCCC4)c4ccccc43)(C1)C2. The summed E-state index contributed by atoms with van der Waals surface area (Å²) in [5.41, 5.74) is 2.43. The molecule has 2 aliphatic carbocycles. The van der Waals surface area contributed by atoms with Crippen LogP contribution in [0.3, 0.4) is 0 Å². The first-order chi connectivity index (χ1) is 14.9. The van der Waals surface area contributed by atoms with Gasteiger partial charge in [0.15, 0.2) is 5.78 Å². The van der Waals surface area contributed by atoms with E-state index in [0.29, 0.717) is 35.7 Å². The predicted octanol–water partition coefficient (Wildman–Crippen LogP) is 4.44. The summed E-state index contributed by atoms with van der Waals surface area (Å²) in [6.07, 6.45) is 8.28. The lowest BCUT2D eigenvalue weighted by molar-refractivity contribution is -0.137. The van der Waals surface area contributed by atoms with Gasteiger partial charge in [-0.25, -0.2) is 0 Å². The highest BCUT2D eigenvalue weighted by atomic mass is 16.1. The number of rotatable bonds is 6. The Morgan fingerprint density at radius 3 is 2.23 bits per heavy atom. The van der Waals surface area contributed by atoms with Crippen molar-refractivity contribution >= 4 is 16.8 Å². The number of para-hydroxylation sites is 2. The van der Waals surface area contributed by atoms with Crippen molar-refractivity contribution in [1.82, 2.24) is 14.0 Å². The minimum atomic E-state index is -0.168. The van der Waals surface area contributed by atoms with E-state index in [9.17, 15) is 4.79 Å². The predicted molar refractivity (Wildman–Crippen MR) is 124 cm³/mol. The minimum absolute atomic E-state index is 0.168. The summed E-state index contributed by atoms with van der Waals surface area (Å²) >= 11 is 0. The number of imidazole rings is 1. The third-order valence-electron chi connectivity index (χ3n) is 8.34.